The van der Waals surface area contributed by atoms with Gasteiger partial charge in [-0.05, 0) is 243 Å². The van der Waals surface area contributed by atoms with Gasteiger partial charge in [0.25, 0.3) is 0 Å². The molecular weight excluding hydrogens is 1510 g/mol. The van der Waals surface area contributed by atoms with E-state index in [0.717, 1.165) is 79.4 Å². The Morgan fingerprint density at radius 2 is 0.311 bits per heavy atom. The van der Waals surface area contributed by atoms with Gasteiger partial charge in [-0.15, -0.1) is 22.7 Å². The maximum absolute atomic E-state index is 2.40. The van der Waals surface area contributed by atoms with Gasteiger partial charge in [0.05, 0.1) is 10.8 Å². The van der Waals surface area contributed by atoms with Crippen LogP contribution in [0.15, 0.2) is 437 Å². The van der Waals surface area contributed by atoms with E-state index in [2.05, 4.69) is 498 Å². The normalized spacial score (nSPS) is 11.7. The van der Waals surface area contributed by atoms with Crippen LogP contribution in [-0.4, -0.2) is 0 Å². The first-order valence-electron chi connectivity index (χ1n) is 42.1. The van der Waals surface area contributed by atoms with E-state index in [9.17, 15) is 0 Å². The minimum atomic E-state index is -0.574. The number of fused-ring (bicyclic) bond motifs is 6. The van der Waals surface area contributed by atoms with Crippen LogP contribution in [0.1, 0.15) is 77.9 Å². The predicted molar refractivity (Wildman–Crippen MR) is 521 cm³/mol. The molecule has 20 aromatic rings. The molecule has 2 aromatic heterocycles. The lowest BCUT2D eigenvalue weighted by atomic mass is 9.65. The van der Waals surface area contributed by atoms with Gasteiger partial charge in [-0.1, -0.05) is 325 Å². The number of rotatable bonds is 21. The predicted octanol–water partition coefficient (Wildman–Crippen LogP) is 32.6. The van der Waals surface area contributed by atoms with Crippen molar-refractivity contribution in [3.8, 4) is 11.1 Å². The number of nitrogens with zero attached hydrogens (tertiary/aromatic N) is 4. The van der Waals surface area contributed by atoms with Crippen LogP contribution in [0.3, 0.4) is 0 Å². The molecule has 4 nitrogen and oxygen atoms in total. The van der Waals surface area contributed by atoms with Gasteiger partial charge >= 0.3 is 0 Å². The second-order valence-electron chi connectivity index (χ2n) is 32.5. The molecule has 20 rings (SSSR count). The van der Waals surface area contributed by atoms with Crippen molar-refractivity contribution in [3.05, 3.63) is 515 Å². The zero-order valence-corrected chi connectivity index (χ0v) is 70.8. The molecule has 0 spiro atoms. The van der Waals surface area contributed by atoms with Crippen molar-refractivity contribution in [3.63, 3.8) is 0 Å². The molecule has 18 aromatic carbocycles. The van der Waals surface area contributed by atoms with E-state index in [0.29, 0.717) is 0 Å². The van der Waals surface area contributed by atoms with Crippen molar-refractivity contribution in [2.24, 2.45) is 0 Å². The summed E-state index contributed by atoms with van der Waals surface area (Å²) in [6.45, 7) is 13.0. The lowest BCUT2D eigenvalue weighted by Gasteiger charge is -2.37. The van der Waals surface area contributed by atoms with Gasteiger partial charge in [-0.3, -0.25) is 0 Å². The van der Waals surface area contributed by atoms with Gasteiger partial charge in [0.1, 0.15) is 0 Å². The van der Waals surface area contributed by atoms with Crippen LogP contribution in [0.5, 0.6) is 0 Å². The third-order valence-electron chi connectivity index (χ3n) is 24.6. The third-order valence-corrected chi connectivity index (χ3v) is 26.8. The van der Waals surface area contributed by atoms with E-state index in [1.165, 1.54) is 118 Å². The molecule has 0 unspecified atom stereocenters. The Bertz CT molecular complexity index is 6440. The summed E-state index contributed by atoms with van der Waals surface area (Å²) in [5, 5.41) is 4.96. The minimum absolute atomic E-state index is 0.574. The summed E-state index contributed by atoms with van der Waals surface area (Å²) in [6, 6.07) is 163. The first-order valence-corrected chi connectivity index (χ1v) is 43.7. The average molecular weight is 1600 g/mol. The zero-order chi connectivity index (χ0) is 82.4. The molecule has 0 aliphatic carbocycles. The number of hydrogen-bond acceptors (Lipinski definition) is 6. The van der Waals surface area contributed by atoms with E-state index >= 15 is 0 Å². The summed E-state index contributed by atoms with van der Waals surface area (Å²) in [4.78, 5) is 9.56. The maximum atomic E-state index is 2.40. The van der Waals surface area contributed by atoms with Gasteiger partial charge in [0.15, 0.2) is 0 Å². The minimum Gasteiger partial charge on any atom is -0.310 e. The fraction of sp³-hybridized carbons (Fsp3) is 0.0690. The number of hydrogen-bond donors (Lipinski definition) is 0. The van der Waals surface area contributed by atoms with Gasteiger partial charge in [-0.2, -0.15) is 0 Å². The topological polar surface area (TPSA) is 13.0 Å². The standard InChI is InChI=1S/C116H90N4S2/c1-79-27-43-87(44-28-79)115(88-45-29-80(2)30-46-88,89-47-31-81(3)32-48-89)93-55-63-101(64-56-93)119(97-23-15-9-16-24-97)105-69-73-109-107-71-67-103(75-111(107)121-113(109)77-105)117(95-19-11-7-12-20-95)99-59-39-85(40-60-99)86-41-61-100(62-42-86)118(96-21-13-8-14-22-96)104-68-72-108-110-74-70-106(78-114(110)122-112(108)76-104)120(98-25-17-10-18-26-98)102-65-57-94(58-66-102)116(90-49-33-82(4)34-50-90,91-51-35-83(5)36-52-91)92-53-37-84(6)38-54-92/h7-78H,1-6H3. The molecule has 586 valence electrons. The number of thiophene rings is 2. The van der Waals surface area contributed by atoms with Crippen LogP contribution in [0, 0.1) is 41.5 Å². The monoisotopic (exact) mass is 1600 g/mol. The molecule has 0 saturated carbocycles. The summed E-state index contributed by atoms with van der Waals surface area (Å²) in [6.07, 6.45) is 0. The lowest BCUT2D eigenvalue weighted by molar-refractivity contribution is 0.744. The van der Waals surface area contributed by atoms with Crippen molar-refractivity contribution in [2.45, 2.75) is 52.4 Å². The van der Waals surface area contributed by atoms with Crippen LogP contribution in [0.25, 0.3) is 51.5 Å². The molecule has 0 aliphatic rings. The summed E-state index contributed by atoms with van der Waals surface area (Å²) in [7, 11) is 0. The van der Waals surface area contributed by atoms with Gasteiger partial charge in [0.2, 0.25) is 0 Å². The third kappa shape index (κ3) is 14.2. The highest BCUT2D eigenvalue weighted by molar-refractivity contribution is 7.26. The molecule has 0 saturated heterocycles. The first kappa shape index (κ1) is 76.3. The van der Waals surface area contributed by atoms with E-state index in [-0.39, 0.29) is 0 Å². The van der Waals surface area contributed by atoms with E-state index < -0.39 is 10.8 Å². The van der Waals surface area contributed by atoms with E-state index in [4.69, 9.17) is 0 Å². The molecule has 2 heterocycles. The fourth-order valence-electron chi connectivity index (χ4n) is 18.3. The van der Waals surface area contributed by atoms with Crippen molar-refractivity contribution in [1.29, 1.82) is 0 Å². The Morgan fingerprint density at radius 3 is 0.500 bits per heavy atom. The lowest BCUT2D eigenvalue weighted by Crippen LogP contribution is -2.31. The van der Waals surface area contributed by atoms with Crippen LogP contribution in [-0.2, 0) is 10.8 Å². The average Bonchev–Trinajstić information content (AvgIpc) is 0.835. The Hall–Kier alpha value is -14.4. The molecule has 0 radical (unpaired) electrons. The number of aryl methyl sites for hydroxylation is 6. The summed E-state index contributed by atoms with van der Waals surface area (Å²) >= 11 is 3.70. The Kier molecular flexibility index (Phi) is 20.2. The highest BCUT2D eigenvalue weighted by atomic mass is 32.1. The summed E-state index contributed by atoms with van der Waals surface area (Å²) in [5.74, 6) is 0. The molecule has 0 fully saturated rings. The van der Waals surface area contributed by atoms with Crippen molar-refractivity contribution in [1.82, 2.24) is 0 Å². The van der Waals surface area contributed by atoms with Crippen molar-refractivity contribution >= 4 is 131 Å². The molecule has 6 heteroatoms. The second-order valence-corrected chi connectivity index (χ2v) is 34.7. The fourth-order valence-corrected chi connectivity index (χ4v) is 20.7. The molecule has 122 heavy (non-hydrogen) atoms. The summed E-state index contributed by atoms with van der Waals surface area (Å²) in [5.41, 5.74) is 31.4. The maximum Gasteiger partial charge on any atom is 0.0701 e. The van der Waals surface area contributed by atoms with Gasteiger partial charge in [-0.25, -0.2) is 0 Å². The highest BCUT2D eigenvalue weighted by Crippen LogP contribution is 2.52. The second kappa shape index (κ2) is 32.4. The number of anilines is 12. The SMILES string of the molecule is Cc1ccc(C(c2ccc(C)cc2)(c2ccc(C)cc2)c2ccc(N(c3ccccc3)c3ccc4c(c3)sc3cc(N(c5ccccc5)c5ccc(-c6ccc(N(c7ccccc7)c7ccc8c(c7)sc7cc(N(c9ccccc9)c9ccc(C(c%10ccc(C)cc%10)(c%10ccc(C)cc%10)c%10ccc(C)cc%10)cc9)ccc78)cc6)cc5)ccc34)cc2)cc1. The van der Waals surface area contributed by atoms with E-state index in [1.54, 1.807) is 0 Å². The highest BCUT2D eigenvalue weighted by Gasteiger charge is 2.41. The number of para-hydroxylation sites is 4. The molecule has 0 atom stereocenters. The molecule has 0 N–H and O–H groups in total. The smallest absolute Gasteiger partial charge is 0.0701 e. The summed E-state index contributed by atoms with van der Waals surface area (Å²) < 4.78 is 4.91. The first-order chi connectivity index (χ1) is 59.9. The van der Waals surface area contributed by atoms with E-state index in [1.807, 2.05) is 22.7 Å². The molecule has 0 aliphatic heterocycles. The molecular formula is C116H90N4S2. The van der Waals surface area contributed by atoms with Gasteiger partial charge in [0, 0.05) is 109 Å². The Labute approximate surface area is 723 Å². The van der Waals surface area contributed by atoms with Crippen LogP contribution in [0.4, 0.5) is 68.2 Å². The van der Waals surface area contributed by atoms with Crippen molar-refractivity contribution < 1.29 is 0 Å². The molecule has 0 amide bonds. The van der Waals surface area contributed by atoms with Crippen LogP contribution in [0.2, 0.25) is 0 Å². The van der Waals surface area contributed by atoms with Crippen LogP contribution < -0.4 is 19.6 Å². The zero-order valence-electron chi connectivity index (χ0n) is 69.2. The Morgan fingerprint density at radius 1 is 0.156 bits per heavy atom. The molecule has 0 bridgehead atoms. The van der Waals surface area contributed by atoms with Gasteiger partial charge < -0.3 is 19.6 Å². The largest absolute Gasteiger partial charge is 0.310 e. The Balaban J connectivity index is 0.590. The quantitative estimate of drug-likeness (QED) is 0.0665. The van der Waals surface area contributed by atoms with Crippen molar-refractivity contribution in [2.75, 3.05) is 19.6 Å². The number of benzene rings is 18. The van der Waals surface area contributed by atoms with Crippen LogP contribution >= 0.6 is 22.7 Å².